The van der Waals surface area contributed by atoms with Crippen molar-refractivity contribution in [2.24, 2.45) is 5.92 Å². The maximum absolute atomic E-state index is 12.0. The first-order valence-corrected chi connectivity index (χ1v) is 6.76. The highest BCUT2D eigenvalue weighted by Gasteiger charge is 2.24. The zero-order valence-corrected chi connectivity index (χ0v) is 11.0. The third-order valence-electron chi connectivity index (χ3n) is 3.25. The van der Waals surface area contributed by atoms with Crippen molar-refractivity contribution >= 4 is 21.6 Å². The van der Waals surface area contributed by atoms with E-state index in [-0.39, 0.29) is 5.56 Å². The van der Waals surface area contributed by atoms with Crippen molar-refractivity contribution in [2.75, 3.05) is 18.4 Å². The Bertz CT molecular complexity index is 479. The molecule has 6 heteroatoms. The van der Waals surface area contributed by atoms with Gasteiger partial charge in [-0.3, -0.25) is 4.79 Å². The Morgan fingerprint density at radius 1 is 1.53 bits per heavy atom. The number of hydrogen-bond acceptors (Lipinski definition) is 4. The molecule has 0 bridgehead atoms. The molecule has 0 amide bonds. The molecular formula is C11H15BrN4O. The monoisotopic (exact) mass is 298 g/mol. The van der Waals surface area contributed by atoms with E-state index in [1.54, 1.807) is 10.9 Å². The molecule has 0 unspecified atom stereocenters. The Kier molecular flexibility index (Phi) is 2.92. The minimum atomic E-state index is -0.0332. The van der Waals surface area contributed by atoms with E-state index in [1.807, 2.05) is 0 Å². The van der Waals surface area contributed by atoms with E-state index in [1.165, 1.54) is 12.8 Å². The molecule has 5 nitrogen and oxygen atoms in total. The maximum Gasteiger partial charge on any atom is 0.283 e. The van der Waals surface area contributed by atoms with Crippen LogP contribution in [-0.2, 0) is 6.54 Å². The largest absolute Gasteiger partial charge is 0.377 e. The fourth-order valence-corrected chi connectivity index (χ4v) is 2.27. The van der Waals surface area contributed by atoms with Gasteiger partial charge in [0.1, 0.15) is 4.47 Å². The zero-order chi connectivity index (χ0) is 11.8. The second-order valence-corrected chi connectivity index (χ2v) is 5.60. The van der Waals surface area contributed by atoms with Gasteiger partial charge >= 0.3 is 0 Å². The Balaban J connectivity index is 1.80. The molecule has 1 saturated heterocycles. The van der Waals surface area contributed by atoms with Crippen molar-refractivity contribution in [1.29, 1.82) is 0 Å². The molecule has 1 aliphatic heterocycles. The molecule has 1 aromatic rings. The first-order valence-electron chi connectivity index (χ1n) is 5.97. The summed E-state index contributed by atoms with van der Waals surface area (Å²) in [5.74, 6) is 0.654. The summed E-state index contributed by atoms with van der Waals surface area (Å²) in [6.45, 7) is 2.64. The molecule has 1 aliphatic carbocycles. The van der Waals surface area contributed by atoms with Gasteiger partial charge in [-0.05, 0) is 34.7 Å². The molecule has 92 valence electrons. The number of halogens is 1. The van der Waals surface area contributed by atoms with E-state index >= 15 is 0 Å². The lowest BCUT2D eigenvalue weighted by molar-refractivity contribution is 0.470. The van der Waals surface area contributed by atoms with Gasteiger partial charge in [-0.2, -0.15) is 5.10 Å². The van der Waals surface area contributed by atoms with Crippen molar-refractivity contribution in [1.82, 2.24) is 15.1 Å². The quantitative estimate of drug-likeness (QED) is 0.863. The van der Waals surface area contributed by atoms with E-state index in [4.69, 9.17) is 0 Å². The van der Waals surface area contributed by atoms with Gasteiger partial charge in [-0.15, -0.1) is 0 Å². The third-order valence-corrected chi connectivity index (χ3v) is 4.02. The Morgan fingerprint density at radius 2 is 2.29 bits per heavy atom. The van der Waals surface area contributed by atoms with Crippen molar-refractivity contribution in [2.45, 2.75) is 25.4 Å². The summed E-state index contributed by atoms with van der Waals surface area (Å²) in [6.07, 6.45) is 4.19. The number of nitrogens with zero attached hydrogens (tertiary/aromatic N) is 2. The molecule has 2 aliphatic rings. The molecular weight excluding hydrogens is 284 g/mol. The van der Waals surface area contributed by atoms with Crippen LogP contribution in [0, 0.1) is 5.92 Å². The van der Waals surface area contributed by atoms with Crippen molar-refractivity contribution < 1.29 is 0 Å². The van der Waals surface area contributed by atoms with Crippen molar-refractivity contribution in [3.63, 3.8) is 0 Å². The van der Waals surface area contributed by atoms with Crippen LogP contribution in [0.4, 0.5) is 5.69 Å². The zero-order valence-electron chi connectivity index (χ0n) is 9.45. The Morgan fingerprint density at radius 3 is 2.88 bits per heavy atom. The van der Waals surface area contributed by atoms with Gasteiger partial charge in [0, 0.05) is 19.6 Å². The highest BCUT2D eigenvalue weighted by Crippen LogP contribution is 2.30. The second-order valence-electron chi connectivity index (χ2n) is 4.80. The smallest absolute Gasteiger partial charge is 0.283 e. The minimum absolute atomic E-state index is 0.0332. The summed E-state index contributed by atoms with van der Waals surface area (Å²) in [5, 5.41) is 10.7. The molecule has 0 aromatic carbocycles. The number of aromatic nitrogens is 2. The van der Waals surface area contributed by atoms with E-state index in [2.05, 4.69) is 31.7 Å². The van der Waals surface area contributed by atoms with Gasteiger partial charge in [0.25, 0.3) is 5.56 Å². The summed E-state index contributed by atoms with van der Waals surface area (Å²) in [4.78, 5) is 12.0. The first kappa shape index (κ1) is 11.2. The summed E-state index contributed by atoms with van der Waals surface area (Å²) >= 11 is 3.37. The number of rotatable bonds is 4. The fraction of sp³-hybridized carbons (Fsp3) is 0.636. The average molecular weight is 299 g/mol. The lowest BCUT2D eigenvalue weighted by atomic mass is 10.2. The van der Waals surface area contributed by atoms with Crippen molar-refractivity contribution in [3.05, 3.63) is 21.0 Å². The molecule has 2 heterocycles. The first-order chi connectivity index (χ1) is 8.24. The lowest BCUT2D eigenvalue weighted by Gasteiger charge is -2.29. The van der Waals surface area contributed by atoms with Crippen LogP contribution in [0.15, 0.2) is 15.5 Å². The van der Waals surface area contributed by atoms with Gasteiger partial charge in [-0.1, -0.05) is 0 Å². The third kappa shape index (κ3) is 2.37. The predicted molar refractivity (Wildman–Crippen MR) is 69.2 cm³/mol. The molecule has 3 rings (SSSR count). The van der Waals surface area contributed by atoms with Crippen LogP contribution in [0.5, 0.6) is 0 Å². The van der Waals surface area contributed by atoms with E-state index < -0.39 is 0 Å². The fourth-order valence-electron chi connectivity index (χ4n) is 1.85. The van der Waals surface area contributed by atoms with Crippen LogP contribution in [-0.4, -0.2) is 28.9 Å². The van der Waals surface area contributed by atoms with Crippen LogP contribution in [0.1, 0.15) is 12.8 Å². The van der Waals surface area contributed by atoms with Crippen LogP contribution < -0.4 is 16.2 Å². The van der Waals surface area contributed by atoms with Gasteiger partial charge in [-0.25, -0.2) is 4.68 Å². The molecule has 2 fully saturated rings. The lowest BCUT2D eigenvalue weighted by Crippen LogP contribution is -2.51. The molecule has 17 heavy (non-hydrogen) atoms. The van der Waals surface area contributed by atoms with Crippen LogP contribution in [0.2, 0.25) is 0 Å². The average Bonchev–Trinajstić information content (AvgIpc) is 3.05. The molecule has 1 saturated carbocycles. The van der Waals surface area contributed by atoms with Gasteiger partial charge in [0.05, 0.1) is 17.9 Å². The number of anilines is 1. The Hall–Kier alpha value is -0.880. The van der Waals surface area contributed by atoms with Crippen LogP contribution in [0.3, 0.4) is 0 Å². The predicted octanol–water partition coefficient (Wildman–Crippen LogP) is 0.799. The van der Waals surface area contributed by atoms with E-state index in [0.717, 1.165) is 25.3 Å². The number of nitrogens with one attached hydrogen (secondary N) is 2. The maximum atomic E-state index is 12.0. The molecule has 2 N–H and O–H groups in total. The van der Waals surface area contributed by atoms with Gasteiger partial charge in [0.15, 0.2) is 0 Å². The Labute approximate surface area is 108 Å². The van der Waals surface area contributed by atoms with Crippen LogP contribution >= 0.6 is 15.9 Å². The normalized spacial score (nSPS) is 20.1. The molecule has 0 radical (unpaired) electrons. The summed E-state index contributed by atoms with van der Waals surface area (Å²) in [6, 6.07) is 0.409. The van der Waals surface area contributed by atoms with E-state index in [0.29, 0.717) is 16.4 Å². The van der Waals surface area contributed by atoms with Crippen molar-refractivity contribution in [3.8, 4) is 0 Å². The molecule has 1 aromatic heterocycles. The SMILES string of the molecule is O=c1c(Br)c(NC2CNC2)cnn1CC1CC1. The topological polar surface area (TPSA) is 59.0 Å². The highest BCUT2D eigenvalue weighted by molar-refractivity contribution is 9.10. The van der Waals surface area contributed by atoms with Gasteiger partial charge < -0.3 is 10.6 Å². The minimum Gasteiger partial charge on any atom is -0.377 e. The molecule has 0 atom stereocenters. The molecule has 0 spiro atoms. The van der Waals surface area contributed by atoms with E-state index in [9.17, 15) is 4.79 Å². The summed E-state index contributed by atoms with van der Waals surface area (Å²) in [5.41, 5.74) is 0.766. The standard InChI is InChI=1S/C11H15BrN4O/c12-10-9(15-8-3-13-4-8)5-14-16(11(10)17)6-7-1-2-7/h5,7-8,13,15H,1-4,6H2. The van der Waals surface area contributed by atoms with Gasteiger partial charge in [0.2, 0.25) is 0 Å². The summed E-state index contributed by atoms with van der Waals surface area (Å²) in [7, 11) is 0. The second kappa shape index (κ2) is 4.42. The summed E-state index contributed by atoms with van der Waals surface area (Å²) < 4.78 is 2.16. The van der Waals surface area contributed by atoms with Crippen LogP contribution in [0.25, 0.3) is 0 Å². The highest BCUT2D eigenvalue weighted by atomic mass is 79.9. The number of hydrogen-bond donors (Lipinski definition) is 2.